The van der Waals surface area contributed by atoms with Crippen LogP contribution in [0, 0.1) is 6.92 Å². The van der Waals surface area contributed by atoms with Gasteiger partial charge in [0, 0.05) is 23.8 Å². The van der Waals surface area contributed by atoms with Crippen LogP contribution in [0.25, 0.3) is 11.0 Å². The summed E-state index contributed by atoms with van der Waals surface area (Å²) in [6, 6.07) is 13.7. The fourth-order valence-corrected chi connectivity index (χ4v) is 3.93. The molecule has 0 amide bonds. The van der Waals surface area contributed by atoms with Gasteiger partial charge >= 0.3 is 0 Å². The molecule has 0 spiro atoms. The lowest BCUT2D eigenvalue weighted by Crippen LogP contribution is -2.04. The zero-order chi connectivity index (χ0) is 26.7. The molecule has 3 N–H and O–H groups in total. The first-order valence-corrected chi connectivity index (χ1v) is 11.5. The van der Waals surface area contributed by atoms with Crippen LogP contribution in [-0.2, 0) is 6.42 Å². The van der Waals surface area contributed by atoms with E-state index in [0.29, 0.717) is 41.4 Å². The number of carbonyl (C=O) groups is 1. The molecule has 0 fully saturated rings. The number of aromatic hydroxyl groups is 3. The number of hydrogen-bond donors (Lipinski definition) is 3. The minimum atomic E-state index is -0.437. The van der Waals surface area contributed by atoms with E-state index in [4.69, 9.17) is 13.9 Å². The summed E-state index contributed by atoms with van der Waals surface area (Å²) >= 11 is 0. The SMILES string of the molecule is CC1=CCc2c(cc3oc(C)cc(=O)c3c2O)OC1.COc1ccc(C(=O)c2ccccc2O)c(O)c1. The lowest BCUT2D eigenvalue weighted by molar-refractivity contribution is 0.103. The number of carbonyl (C=O) groups excluding carboxylic acids is 1. The van der Waals surface area contributed by atoms with Gasteiger partial charge < -0.3 is 29.2 Å². The Morgan fingerprint density at radius 2 is 1.68 bits per heavy atom. The van der Waals surface area contributed by atoms with Crippen molar-refractivity contribution >= 4 is 16.8 Å². The highest BCUT2D eigenvalue weighted by atomic mass is 16.5. The zero-order valence-corrected chi connectivity index (χ0v) is 20.6. The minimum absolute atomic E-state index is 0.0350. The third-order valence-electron chi connectivity index (χ3n) is 5.89. The molecule has 0 saturated heterocycles. The number of allylic oxidation sites excluding steroid dienone is 1. The van der Waals surface area contributed by atoms with Gasteiger partial charge in [-0.2, -0.15) is 0 Å². The van der Waals surface area contributed by atoms with Gasteiger partial charge in [0.15, 0.2) is 11.2 Å². The molecular weight excluding hydrogens is 476 g/mol. The van der Waals surface area contributed by atoms with Crippen LogP contribution in [0.4, 0.5) is 0 Å². The maximum Gasteiger partial charge on any atom is 0.200 e. The van der Waals surface area contributed by atoms with Gasteiger partial charge in [0.25, 0.3) is 0 Å². The molecule has 2 heterocycles. The third kappa shape index (κ3) is 5.28. The molecule has 5 rings (SSSR count). The standard InChI is InChI=1S/C15H14O4.C14H12O4/c1-8-3-4-10-12(18-7-8)6-13-14(15(10)17)11(16)5-9(2)19-13;1-18-9-6-7-11(13(16)8-9)14(17)10-4-2-3-5-12(10)15/h3,5-6,17H,4,7H2,1-2H3;2-8,15-16H,1H3. The molecule has 0 saturated carbocycles. The first kappa shape index (κ1) is 25.4. The van der Waals surface area contributed by atoms with E-state index in [9.17, 15) is 24.9 Å². The summed E-state index contributed by atoms with van der Waals surface area (Å²) in [5.41, 5.74) is 2.13. The molecule has 3 aromatic carbocycles. The van der Waals surface area contributed by atoms with Gasteiger partial charge in [-0.15, -0.1) is 0 Å². The number of rotatable bonds is 3. The van der Waals surface area contributed by atoms with E-state index in [2.05, 4.69) is 0 Å². The van der Waals surface area contributed by atoms with Crippen molar-refractivity contribution < 1.29 is 34.0 Å². The smallest absolute Gasteiger partial charge is 0.200 e. The van der Waals surface area contributed by atoms with E-state index in [0.717, 1.165) is 5.57 Å². The number of fused-ring (bicyclic) bond motifs is 2. The minimum Gasteiger partial charge on any atom is -0.507 e. The van der Waals surface area contributed by atoms with Crippen LogP contribution in [0.2, 0.25) is 0 Å². The predicted molar refractivity (Wildman–Crippen MR) is 138 cm³/mol. The van der Waals surface area contributed by atoms with Crippen LogP contribution in [-0.4, -0.2) is 34.8 Å². The first-order chi connectivity index (χ1) is 17.7. The fourth-order valence-electron chi connectivity index (χ4n) is 3.93. The van der Waals surface area contributed by atoms with Crippen molar-refractivity contribution in [3.63, 3.8) is 0 Å². The van der Waals surface area contributed by atoms with Crippen molar-refractivity contribution in [3.05, 3.63) is 98.9 Å². The predicted octanol–water partition coefficient (Wildman–Crippen LogP) is 5.03. The second kappa shape index (κ2) is 10.5. The van der Waals surface area contributed by atoms with Crippen LogP contribution >= 0.6 is 0 Å². The normalized spacial score (nSPS) is 12.4. The number of hydrogen-bond acceptors (Lipinski definition) is 8. The summed E-state index contributed by atoms with van der Waals surface area (Å²) in [7, 11) is 1.47. The van der Waals surface area contributed by atoms with Gasteiger partial charge in [0.1, 0.15) is 52.1 Å². The number of para-hydroxylation sites is 1. The molecule has 1 aliphatic rings. The summed E-state index contributed by atoms with van der Waals surface area (Å²) in [5.74, 6) is 0.786. The molecule has 8 nitrogen and oxygen atoms in total. The molecule has 0 unspecified atom stereocenters. The van der Waals surface area contributed by atoms with Gasteiger partial charge in [-0.1, -0.05) is 18.2 Å². The maximum atomic E-state index is 12.1. The van der Waals surface area contributed by atoms with Crippen molar-refractivity contribution in [2.75, 3.05) is 13.7 Å². The Hall–Kier alpha value is -4.72. The van der Waals surface area contributed by atoms with Crippen molar-refractivity contribution in [1.29, 1.82) is 0 Å². The van der Waals surface area contributed by atoms with E-state index in [1.54, 1.807) is 31.2 Å². The molecule has 0 aliphatic carbocycles. The number of ketones is 1. The largest absolute Gasteiger partial charge is 0.507 e. The molecule has 0 bridgehead atoms. The van der Waals surface area contributed by atoms with E-state index < -0.39 is 5.78 Å². The highest BCUT2D eigenvalue weighted by Crippen LogP contribution is 2.37. The molecule has 0 atom stereocenters. The van der Waals surface area contributed by atoms with Gasteiger partial charge in [-0.05, 0) is 50.1 Å². The number of aryl methyl sites for hydroxylation is 1. The van der Waals surface area contributed by atoms with Crippen LogP contribution in [0.15, 0.2) is 75.5 Å². The van der Waals surface area contributed by atoms with E-state index in [-0.39, 0.29) is 39.2 Å². The lowest BCUT2D eigenvalue weighted by Gasteiger charge is -2.11. The molecule has 1 aliphatic heterocycles. The van der Waals surface area contributed by atoms with Crippen molar-refractivity contribution in [3.8, 4) is 28.7 Å². The molecule has 190 valence electrons. The van der Waals surface area contributed by atoms with Gasteiger partial charge in [0.05, 0.1) is 18.2 Å². The van der Waals surface area contributed by atoms with Crippen molar-refractivity contribution in [2.45, 2.75) is 20.3 Å². The summed E-state index contributed by atoms with van der Waals surface area (Å²) in [5, 5.41) is 29.9. The van der Waals surface area contributed by atoms with Crippen LogP contribution in [0.3, 0.4) is 0 Å². The van der Waals surface area contributed by atoms with E-state index in [1.165, 1.54) is 37.4 Å². The number of phenols is 3. The average molecular weight is 503 g/mol. The van der Waals surface area contributed by atoms with Crippen LogP contribution in [0.1, 0.15) is 34.2 Å². The van der Waals surface area contributed by atoms with Crippen LogP contribution < -0.4 is 14.9 Å². The summed E-state index contributed by atoms with van der Waals surface area (Å²) in [6.07, 6.45) is 2.55. The Balaban J connectivity index is 0.000000173. The molecule has 4 aromatic rings. The summed E-state index contributed by atoms with van der Waals surface area (Å²) in [6.45, 7) is 4.15. The second-order valence-electron chi connectivity index (χ2n) is 8.57. The number of ether oxygens (including phenoxy) is 2. The molecule has 37 heavy (non-hydrogen) atoms. The molecule has 1 aromatic heterocycles. The lowest BCUT2D eigenvalue weighted by atomic mass is 10.0. The van der Waals surface area contributed by atoms with E-state index in [1.807, 2.05) is 13.0 Å². The Kier molecular flexibility index (Phi) is 7.20. The quantitative estimate of drug-likeness (QED) is 0.263. The van der Waals surface area contributed by atoms with Crippen LogP contribution in [0.5, 0.6) is 28.7 Å². The number of methoxy groups -OCH3 is 1. The molecular formula is C29H26O8. The highest BCUT2D eigenvalue weighted by molar-refractivity contribution is 6.12. The Morgan fingerprint density at radius 3 is 2.38 bits per heavy atom. The third-order valence-corrected chi connectivity index (χ3v) is 5.89. The van der Waals surface area contributed by atoms with Crippen molar-refractivity contribution in [2.24, 2.45) is 0 Å². The monoisotopic (exact) mass is 502 g/mol. The average Bonchev–Trinajstić information content (AvgIpc) is 3.05. The Labute approximate surface area is 212 Å². The second-order valence-corrected chi connectivity index (χ2v) is 8.57. The van der Waals surface area contributed by atoms with Gasteiger partial charge in [-0.3, -0.25) is 9.59 Å². The number of benzene rings is 3. The molecule has 0 radical (unpaired) electrons. The fraction of sp³-hybridized carbons (Fsp3) is 0.172. The first-order valence-electron chi connectivity index (χ1n) is 11.5. The Morgan fingerprint density at radius 1 is 0.946 bits per heavy atom. The summed E-state index contributed by atoms with van der Waals surface area (Å²) in [4.78, 5) is 24.1. The van der Waals surface area contributed by atoms with Gasteiger partial charge in [0.2, 0.25) is 0 Å². The van der Waals surface area contributed by atoms with E-state index >= 15 is 0 Å². The molecule has 8 heteroatoms. The summed E-state index contributed by atoms with van der Waals surface area (Å²) < 4.78 is 16.1. The number of phenolic OH excluding ortho intramolecular Hbond substituents is 3. The highest BCUT2D eigenvalue weighted by Gasteiger charge is 2.19. The zero-order valence-electron chi connectivity index (χ0n) is 20.6. The van der Waals surface area contributed by atoms with Gasteiger partial charge in [-0.25, -0.2) is 0 Å². The Bertz CT molecular complexity index is 1580. The van der Waals surface area contributed by atoms with Crippen molar-refractivity contribution in [1.82, 2.24) is 0 Å². The maximum absolute atomic E-state index is 12.1. The topological polar surface area (TPSA) is 126 Å².